The van der Waals surface area contributed by atoms with Crippen molar-refractivity contribution < 1.29 is 4.79 Å². The zero-order chi connectivity index (χ0) is 21.4. The van der Waals surface area contributed by atoms with Gasteiger partial charge >= 0.3 is 0 Å². The predicted octanol–water partition coefficient (Wildman–Crippen LogP) is 5.14. The molecule has 1 aliphatic heterocycles. The molecule has 1 saturated carbocycles. The number of hydrogen-bond acceptors (Lipinski definition) is 3. The van der Waals surface area contributed by atoms with Gasteiger partial charge in [-0.15, -0.1) is 0 Å². The quantitative estimate of drug-likeness (QED) is 0.690. The summed E-state index contributed by atoms with van der Waals surface area (Å²) in [5.74, 6) is 1.18. The molecular formula is C28H36N2O. The SMILES string of the molecule is Cc1cc(C)cc(C2(N3CCN(CC4CCCCC4)CC3)Cc3ccccc3C2=O)c1. The number of piperazine rings is 1. The largest absolute Gasteiger partial charge is 0.301 e. The molecule has 2 aliphatic carbocycles. The number of rotatable bonds is 4. The first kappa shape index (κ1) is 20.9. The van der Waals surface area contributed by atoms with Crippen molar-refractivity contribution in [1.82, 2.24) is 9.80 Å². The van der Waals surface area contributed by atoms with Crippen LogP contribution in [0.1, 0.15) is 64.7 Å². The van der Waals surface area contributed by atoms with Crippen LogP contribution in [-0.2, 0) is 12.0 Å². The molecule has 0 bridgehead atoms. The number of nitrogens with zero attached hydrogens (tertiary/aromatic N) is 2. The molecule has 2 aromatic rings. The van der Waals surface area contributed by atoms with Gasteiger partial charge in [-0.2, -0.15) is 0 Å². The van der Waals surface area contributed by atoms with Gasteiger partial charge in [0, 0.05) is 44.7 Å². The average molecular weight is 417 g/mol. The van der Waals surface area contributed by atoms with Crippen molar-refractivity contribution in [2.24, 2.45) is 5.92 Å². The van der Waals surface area contributed by atoms with Crippen LogP contribution < -0.4 is 0 Å². The smallest absolute Gasteiger partial charge is 0.188 e. The lowest BCUT2D eigenvalue weighted by Gasteiger charge is -2.46. The van der Waals surface area contributed by atoms with E-state index < -0.39 is 5.54 Å². The summed E-state index contributed by atoms with van der Waals surface area (Å²) in [5, 5.41) is 0. The van der Waals surface area contributed by atoms with E-state index in [-0.39, 0.29) is 0 Å². The first-order chi connectivity index (χ1) is 15.1. The Hall–Kier alpha value is -1.97. The summed E-state index contributed by atoms with van der Waals surface area (Å²) in [4.78, 5) is 19.2. The Balaban J connectivity index is 1.42. The van der Waals surface area contributed by atoms with Crippen molar-refractivity contribution in [3.63, 3.8) is 0 Å². The molecule has 3 aliphatic rings. The van der Waals surface area contributed by atoms with Gasteiger partial charge in [0.2, 0.25) is 0 Å². The molecular weight excluding hydrogens is 380 g/mol. The lowest BCUT2D eigenvalue weighted by Crippen LogP contribution is -2.58. The summed E-state index contributed by atoms with van der Waals surface area (Å²) in [6, 6.07) is 15.0. The Labute approximate surface area is 187 Å². The molecule has 5 rings (SSSR count). The Kier molecular flexibility index (Phi) is 5.75. The number of aryl methyl sites for hydroxylation is 2. The first-order valence-corrected chi connectivity index (χ1v) is 12.3. The zero-order valence-corrected chi connectivity index (χ0v) is 19.2. The molecule has 31 heavy (non-hydrogen) atoms. The van der Waals surface area contributed by atoms with Crippen LogP contribution in [0.15, 0.2) is 42.5 Å². The van der Waals surface area contributed by atoms with E-state index in [9.17, 15) is 4.79 Å². The van der Waals surface area contributed by atoms with Gasteiger partial charge in [-0.3, -0.25) is 9.69 Å². The number of hydrogen-bond donors (Lipinski definition) is 0. The Morgan fingerprint density at radius 3 is 2.26 bits per heavy atom. The van der Waals surface area contributed by atoms with Crippen molar-refractivity contribution in [2.75, 3.05) is 32.7 Å². The van der Waals surface area contributed by atoms with E-state index >= 15 is 0 Å². The third-order valence-corrected chi connectivity index (χ3v) is 7.94. The third-order valence-electron chi connectivity index (χ3n) is 7.94. The monoisotopic (exact) mass is 416 g/mol. The summed E-state index contributed by atoms with van der Waals surface area (Å²) in [7, 11) is 0. The minimum Gasteiger partial charge on any atom is -0.301 e. The van der Waals surface area contributed by atoms with Crippen LogP contribution >= 0.6 is 0 Å². The molecule has 1 saturated heterocycles. The molecule has 3 heteroatoms. The summed E-state index contributed by atoms with van der Waals surface area (Å²) in [6.07, 6.45) is 7.85. The molecule has 0 aromatic heterocycles. The van der Waals surface area contributed by atoms with Gasteiger partial charge in [-0.25, -0.2) is 0 Å². The molecule has 2 aromatic carbocycles. The highest BCUT2D eigenvalue weighted by Gasteiger charge is 2.51. The minimum absolute atomic E-state index is 0.300. The Bertz CT molecular complexity index is 933. The van der Waals surface area contributed by atoms with Gasteiger partial charge < -0.3 is 4.90 Å². The van der Waals surface area contributed by atoms with Crippen LogP contribution in [0.3, 0.4) is 0 Å². The van der Waals surface area contributed by atoms with Gasteiger partial charge in [0.15, 0.2) is 5.78 Å². The average Bonchev–Trinajstić information content (AvgIpc) is 3.08. The Morgan fingerprint density at radius 1 is 0.903 bits per heavy atom. The number of carbonyl (C=O) groups is 1. The van der Waals surface area contributed by atoms with Gasteiger partial charge in [-0.05, 0) is 43.7 Å². The number of ketones is 1. The van der Waals surface area contributed by atoms with Gasteiger partial charge in [0.25, 0.3) is 0 Å². The molecule has 0 amide bonds. The highest BCUT2D eigenvalue weighted by molar-refractivity contribution is 6.08. The number of Topliss-reactive ketones (excluding diaryl/α,β-unsaturated/α-hetero) is 1. The third kappa shape index (κ3) is 3.87. The lowest BCUT2D eigenvalue weighted by atomic mass is 9.82. The van der Waals surface area contributed by atoms with Gasteiger partial charge in [0.05, 0.1) is 0 Å². The fourth-order valence-electron chi connectivity index (χ4n) is 6.41. The minimum atomic E-state index is -0.544. The number of fused-ring (bicyclic) bond motifs is 1. The highest BCUT2D eigenvalue weighted by atomic mass is 16.1. The van der Waals surface area contributed by atoms with Crippen molar-refractivity contribution in [2.45, 2.75) is 57.9 Å². The van der Waals surface area contributed by atoms with E-state index in [0.717, 1.165) is 44.1 Å². The topological polar surface area (TPSA) is 23.6 Å². The predicted molar refractivity (Wildman–Crippen MR) is 127 cm³/mol. The number of benzene rings is 2. The van der Waals surface area contributed by atoms with Crippen LogP contribution in [-0.4, -0.2) is 48.3 Å². The van der Waals surface area contributed by atoms with Gasteiger partial charge in [0.1, 0.15) is 5.54 Å². The second-order valence-electron chi connectivity index (χ2n) is 10.2. The fourth-order valence-corrected chi connectivity index (χ4v) is 6.41. The van der Waals surface area contributed by atoms with Gasteiger partial charge in [-0.1, -0.05) is 72.9 Å². The lowest BCUT2D eigenvalue weighted by molar-refractivity contribution is 0.0258. The Morgan fingerprint density at radius 2 is 1.58 bits per heavy atom. The van der Waals surface area contributed by atoms with E-state index in [1.807, 2.05) is 12.1 Å². The van der Waals surface area contributed by atoms with Crippen molar-refractivity contribution >= 4 is 5.78 Å². The highest BCUT2D eigenvalue weighted by Crippen LogP contribution is 2.43. The molecule has 1 atom stereocenters. The molecule has 0 spiro atoms. The summed E-state index contributed by atoms with van der Waals surface area (Å²) >= 11 is 0. The first-order valence-electron chi connectivity index (χ1n) is 12.3. The fraction of sp³-hybridized carbons (Fsp3) is 0.536. The second-order valence-corrected chi connectivity index (χ2v) is 10.2. The summed E-state index contributed by atoms with van der Waals surface area (Å²) in [6.45, 7) is 9.65. The maximum Gasteiger partial charge on any atom is 0.188 e. The van der Waals surface area contributed by atoms with Crippen LogP contribution in [0.25, 0.3) is 0 Å². The van der Waals surface area contributed by atoms with E-state index in [4.69, 9.17) is 0 Å². The molecule has 164 valence electrons. The van der Waals surface area contributed by atoms with E-state index in [1.165, 1.54) is 60.9 Å². The van der Waals surface area contributed by atoms with Crippen LogP contribution in [0, 0.1) is 19.8 Å². The molecule has 0 N–H and O–H groups in total. The van der Waals surface area contributed by atoms with E-state index in [1.54, 1.807) is 0 Å². The van der Waals surface area contributed by atoms with Crippen molar-refractivity contribution in [3.05, 3.63) is 70.3 Å². The standard InChI is InChI=1S/C28H36N2O/c1-21-16-22(2)18-25(17-21)28(19-24-10-6-7-11-26(24)27(28)31)30-14-12-29(13-15-30)20-23-8-4-3-5-9-23/h6-7,10-11,16-18,23H,3-5,8-9,12-15,19-20H2,1-2H3. The van der Waals surface area contributed by atoms with Crippen molar-refractivity contribution in [1.29, 1.82) is 0 Å². The summed E-state index contributed by atoms with van der Waals surface area (Å²) < 4.78 is 0. The van der Waals surface area contributed by atoms with Crippen LogP contribution in [0.4, 0.5) is 0 Å². The number of carbonyl (C=O) groups excluding carboxylic acids is 1. The van der Waals surface area contributed by atoms with Crippen molar-refractivity contribution in [3.8, 4) is 0 Å². The maximum absolute atomic E-state index is 14.0. The molecule has 3 nitrogen and oxygen atoms in total. The zero-order valence-electron chi connectivity index (χ0n) is 19.2. The summed E-state index contributed by atoms with van der Waals surface area (Å²) in [5.41, 5.74) is 5.26. The molecule has 1 heterocycles. The van der Waals surface area contributed by atoms with Crippen LogP contribution in [0.5, 0.6) is 0 Å². The normalized spacial score (nSPS) is 25.7. The second kappa shape index (κ2) is 8.52. The molecule has 2 fully saturated rings. The molecule has 1 unspecified atom stereocenters. The van der Waals surface area contributed by atoms with E-state index in [0.29, 0.717) is 5.78 Å². The van der Waals surface area contributed by atoms with E-state index in [2.05, 4.69) is 54.0 Å². The van der Waals surface area contributed by atoms with Crippen LogP contribution in [0.2, 0.25) is 0 Å². The maximum atomic E-state index is 14.0. The molecule has 0 radical (unpaired) electrons.